The Morgan fingerprint density at radius 3 is 2.47 bits per heavy atom. The maximum absolute atomic E-state index is 11.3. The molecule has 1 aliphatic heterocycles. The number of hydrogen-bond donors (Lipinski definition) is 1. The second-order valence-electron chi connectivity index (χ2n) is 4.54. The SMILES string of the molecule is C=C(Cl)C(=O)OC(C)(C)C1CC[NH2+]CC1. The van der Waals surface area contributed by atoms with Crippen LogP contribution in [0.3, 0.4) is 0 Å². The summed E-state index contributed by atoms with van der Waals surface area (Å²) < 4.78 is 5.35. The van der Waals surface area contributed by atoms with Gasteiger partial charge >= 0.3 is 5.97 Å². The Balaban J connectivity index is 2.56. The van der Waals surface area contributed by atoms with Crippen LogP contribution in [0.25, 0.3) is 0 Å². The average molecular weight is 233 g/mol. The number of carbonyl (C=O) groups excluding carboxylic acids is 1. The number of hydrogen-bond acceptors (Lipinski definition) is 2. The fourth-order valence-corrected chi connectivity index (χ4v) is 2.04. The van der Waals surface area contributed by atoms with Gasteiger partial charge in [0.25, 0.3) is 0 Å². The summed E-state index contributed by atoms with van der Waals surface area (Å²) >= 11 is 5.50. The molecule has 0 unspecified atom stereocenters. The first-order valence-corrected chi connectivity index (χ1v) is 5.70. The summed E-state index contributed by atoms with van der Waals surface area (Å²) in [5.74, 6) is -0.0845. The predicted octanol–water partition coefficient (Wildman–Crippen LogP) is 1.03. The maximum Gasteiger partial charge on any atom is 0.349 e. The molecule has 0 aliphatic carbocycles. The highest BCUT2D eigenvalue weighted by molar-refractivity contribution is 6.40. The molecule has 1 fully saturated rings. The first-order chi connectivity index (χ1) is 6.93. The number of esters is 1. The van der Waals surface area contributed by atoms with Crippen LogP contribution in [0.15, 0.2) is 11.6 Å². The van der Waals surface area contributed by atoms with Crippen LogP contribution in [0.4, 0.5) is 0 Å². The molecule has 86 valence electrons. The third kappa shape index (κ3) is 3.50. The Kier molecular flexibility index (Phi) is 4.17. The lowest BCUT2D eigenvalue weighted by Crippen LogP contribution is -2.86. The predicted molar refractivity (Wildman–Crippen MR) is 59.5 cm³/mol. The van der Waals surface area contributed by atoms with Crippen molar-refractivity contribution in [2.75, 3.05) is 13.1 Å². The molecule has 1 saturated heterocycles. The fourth-order valence-electron chi connectivity index (χ4n) is 2.00. The molecule has 0 atom stereocenters. The van der Waals surface area contributed by atoms with E-state index < -0.39 is 11.6 Å². The summed E-state index contributed by atoms with van der Waals surface area (Å²) in [6, 6.07) is 0. The number of piperidine rings is 1. The topological polar surface area (TPSA) is 42.9 Å². The van der Waals surface area contributed by atoms with E-state index in [4.69, 9.17) is 16.3 Å². The van der Waals surface area contributed by atoms with Crippen LogP contribution in [-0.2, 0) is 9.53 Å². The van der Waals surface area contributed by atoms with Crippen molar-refractivity contribution in [3.05, 3.63) is 11.6 Å². The summed E-state index contributed by atoms with van der Waals surface area (Å²) in [6.45, 7) is 9.47. The molecule has 0 radical (unpaired) electrons. The first kappa shape index (κ1) is 12.5. The van der Waals surface area contributed by atoms with E-state index in [1.165, 1.54) is 0 Å². The molecule has 0 aromatic heterocycles. The average Bonchev–Trinajstić information content (AvgIpc) is 2.18. The van der Waals surface area contributed by atoms with Crippen molar-refractivity contribution >= 4 is 17.6 Å². The molecular weight excluding hydrogens is 214 g/mol. The van der Waals surface area contributed by atoms with Crippen LogP contribution >= 0.6 is 11.6 Å². The quantitative estimate of drug-likeness (QED) is 0.584. The van der Waals surface area contributed by atoms with Gasteiger partial charge < -0.3 is 10.1 Å². The lowest BCUT2D eigenvalue weighted by Gasteiger charge is -2.35. The van der Waals surface area contributed by atoms with Gasteiger partial charge in [0, 0.05) is 18.8 Å². The Morgan fingerprint density at radius 2 is 2.00 bits per heavy atom. The van der Waals surface area contributed by atoms with Gasteiger partial charge in [-0.15, -0.1) is 0 Å². The molecule has 0 bridgehead atoms. The van der Waals surface area contributed by atoms with E-state index in [0.29, 0.717) is 5.92 Å². The summed E-state index contributed by atoms with van der Waals surface area (Å²) in [5.41, 5.74) is -0.441. The van der Waals surface area contributed by atoms with Crippen LogP contribution in [0.1, 0.15) is 26.7 Å². The lowest BCUT2D eigenvalue weighted by molar-refractivity contribution is -0.665. The van der Waals surface area contributed by atoms with Crippen LogP contribution < -0.4 is 5.32 Å². The molecule has 0 aromatic rings. The van der Waals surface area contributed by atoms with Crippen molar-refractivity contribution in [1.82, 2.24) is 0 Å². The van der Waals surface area contributed by atoms with Gasteiger partial charge in [0.05, 0.1) is 13.1 Å². The smallest absolute Gasteiger partial charge is 0.349 e. The van der Waals surface area contributed by atoms with Crippen molar-refractivity contribution in [2.45, 2.75) is 32.3 Å². The molecule has 4 heteroatoms. The number of halogens is 1. The van der Waals surface area contributed by atoms with Crippen LogP contribution in [0.5, 0.6) is 0 Å². The minimum absolute atomic E-state index is 0.0505. The molecular formula is C11H19ClNO2+. The molecule has 15 heavy (non-hydrogen) atoms. The van der Waals surface area contributed by atoms with Gasteiger partial charge in [0.1, 0.15) is 10.6 Å². The van der Waals surface area contributed by atoms with Crippen molar-refractivity contribution in [2.24, 2.45) is 5.92 Å². The molecule has 1 aliphatic rings. The molecule has 2 N–H and O–H groups in total. The molecule has 3 nitrogen and oxygen atoms in total. The van der Waals surface area contributed by atoms with E-state index in [0.717, 1.165) is 25.9 Å². The fraction of sp³-hybridized carbons (Fsp3) is 0.727. The number of ether oxygens (including phenoxy) is 1. The van der Waals surface area contributed by atoms with Gasteiger partial charge in [0.15, 0.2) is 0 Å². The number of carbonyl (C=O) groups is 1. The van der Waals surface area contributed by atoms with Gasteiger partial charge in [-0.2, -0.15) is 0 Å². The van der Waals surface area contributed by atoms with E-state index in [2.05, 4.69) is 11.9 Å². The monoisotopic (exact) mass is 232 g/mol. The third-order valence-electron chi connectivity index (χ3n) is 3.00. The number of quaternary nitrogens is 1. The Morgan fingerprint density at radius 1 is 1.47 bits per heavy atom. The zero-order chi connectivity index (χ0) is 11.5. The molecule has 1 heterocycles. The maximum atomic E-state index is 11.3. The van der Waals surface area contributed by atoms with Crippen molar-refractivity contribution in [1.29, 1.82) is 0 Å². The first-order valence-electron chi connectivity index (χ1n) is 5.33. The zero-order valence-corrected chi connectivity index (χ0v) is 10.1. The van der Waals surface area contributed by atoms with Gasteiger partial charge in [-0.25, -0.2) is 4.79 Å². The summed E-state index contributed by atoms with van der Waals surface area (Å²) in [5, 5.41) is 2.24. The molecule has 1 rings (SSSR count). The molecule has 0 amide bonds. The summed E-state index contributed by atoms with van der Waals surface area (Å²) in [4.78, 5) is 11.3. The molecule has 0 spiro atoms. The summed E-state index contributed by atoms with van der Waals surface area (Å²) in [6.07, 6.45) is 2.16. The van der Waals surface area contributed by atoms with E-state index in [1.807, 2.05) is 13.8 Å². The zero-order valence-electron chi connectivity index (χ0n) is 9.38. The minimum Gasteiger partial charge on any atom is -0.455 e. The number of nitrogens with two attached hydrogens (primary N) is 1. The normalized spacial score (nSPS) is 18.6. The van der Waals surface area contributed by atoms with Crippen molar-refractivity contribution in [3.63, 3.8) is 0 Å². The van der Waals surface area contributed by atoms with Gasteiger partial charge in [0.2, 0.25) is 0 Å². The highest BCUT2D eigenvalue weighted by atomic mass is 35.5. The standard InChI is InChI=1S/C11H18ClNO2/c1-8(12)10(14)15-11(2,3)9-4-6-13-7-5-9/h9,13H,1,4-7H2,2-3H3/p+1. The Hall–Kier alpha value is -0.540. The second-order valence-corrected chi connectivity index (χ2v) is 4.99. The second kappa shape index (κ2) is 4.99. The third-order valence-corrected chi connectivity index (χ3v) is 3.15. The largest absolute Gasteiger partial charge is 0.455 e. The Bertz CT molecular complexity index is 257. The highest BCUT2D eigenvalue weighted by Gasteiger charge is 2.35. The summed E-state index contributed by atoms with van der Waals surface area (Å²) in [7, 11) is 0. The van der Waals surface area contributed by atoms with Crippen molar-refractivity contribution in [3.8, 4) is 0 Å². The lowest BCUT2D eigenvalue weighted by atomic mass is 9.83. The van der Waals surface area contributed by atoms with E-state index in [9.17, 15) is 4.79 Å². The van der Waals surface area contributed by atoms with Gasteiger partial charge in [-0.05, 0) is 13.8 Å². The van der Waals surface area contributed by atoms with Gasteiger partial charge in [-0.1, -0.05) is 18.2 Å². The van der Waals surface area contributed by atoms with Crippen LogP contribution in [0, 0.1) is 5.92 Å². The van der Waals surface area contributed by atoms with E-state index in [1.54, 1.807) is 0 Å². The van der Waals surface area contributed by atoms with E-state index >= 15 is 0 Å². The van der Waals surface area contributed by atoms with Crippen LogP contribution in [-0.4, -0.2) is 24.7 Å². The minimum atomic E-state index is -0.504. The van der Waals surface area contributed by atoms with Gasteiger partial charge in [-0.3, -0.25) is 0 Å². The Labute approximate surface area is 95.8 Å². The highest BCUT2D eigenvalue weighted by Crippen LogP contribution is 2.28. The van der Waals surface area contributed by atoms with Crippen LogP contribution in [0.2, 0.25) is 0 Å². The molecule has 0 aromatic carbocycles. The van der Waals surface area contributed by atoms with Crippen molar-refractivity contribution < 1.29 is 14.8 Å². The van der Waals surface area contributed by atoms with E-state index in [-0.39, 0.29) is 5.03 Å². The molecule has 0 saturated carbocycles. The number of rotatable bonds is 3.